The summed E-state index contributed by atoms with van der Waals surface area (Å²) < 4.78 is 11.9. The van der Waals surface area contributed by atoms with E-state index in [1.807, 2.05) is 0 Å². The minimum Gasteiger partial charge on any atom is -0.313 e. The fourth-order valence-electron chi connectivity index (χ4n) is 1.61. The van der Waals surface area contributed by atoms with Crippen molar-refractivity contribution in [1.29, 1.82) is 0 Å². The zero-order valence-electron chi connectivity index (χ0n) is 8.15. The highest BCUT2D eigenvalue weighted by Crippen LogP contribution is 2.12. The molecule has 6 heteroatoms. The van der Waals surface area contributed by atoms with Gasteiger partial charge in [0.2, 0.25) is 0 Å². The standard InChI is InChI=1S/C9H12ClN3OS/c10-8-4-9(13-6-12-8)15(14)5-7-2-1-3-11-7/h4,6-7,11H,1-3,5H2/t7-,15+/m1/s1. The molecule has 15 heavy (non-hydrogen) atoms. The molecule has 1 N–H and O–H groups in total. The number of nitrogens with zero attached hydrogens (tertiary/aromatic N) is 2. The molecule has 1 aromatic heterocycles. The van der Waals surface area contributed by atoms with Gasteiger partial charge in [0.25, 0.3) is 0 Å². The predicted molar refractivity (Wildman–Crippen MR) is 59.3 cm³/mol. The van der Waals surface area contributed by atoms with E-state index in [0.717, 1.165) is 19.4 Å². The monoisotopic (exact) mass is 245 g/mol. The van der Waals surface area contributed by atoms with E-state index in [0.29, 0.717) is 22.0 Å². The predicted octanol–water partition coefficient (Wildman–Crippen LogP) is 0.990. The van der Waals surface area contributed by atoms with Crippen LogP contribution in [0.15, 0.2) is 17.4 Å². The first-order chi connectivity index (χ1) is 7.25. The Bertz CT molecular complexity index is 368. The molecule has 2 heterocycles. The van der Waals surface area contributed by atoms with Crippen molar-refractivity contribution < 1.29 is 4.21 Å². The number of halogens is 1. The van der Waals surface area contributed by atoms with Gasteiger partial charge < -0.3 is 5.32 Å². The fraction of sp³-hybridized carbons (Fsp3) is 0.556. The molecule has 2 rings (SSSR count). The van der Waals surface area contributed by atoms with E-state index in [2.05, 4.69) is 15.3 Å². The number of aromatic nitrogens is 2. The highest BCUT2D eigenvalue weighted by atomic mass is 35.5. The van der Waals surface area contributed by atoms with Gasteiger partial charge in [-0.2, -0.15) is 0 Å². The molecule has 0 radical (unpaired) electrons. The van der Waals surface area contributed by atoms with Crippen molar-refractivity contribution in [1.82, 2.24) is 15.3 Å². The molecule has 1 aromatic rings. The molecule has 0 spiro atoms. The normalized spacial score (nSPS) is 22.9. The largest absolute Gasteiger partial charge is 0.313 e. The Hall–Kier alpha value is -0.520. The Morgan fingerprint density at radius 3 is 3.13 bits per heavy atom. The summed E-state index contributed by atoms with van der Waals surface area (Å²) in [6.45, 7) is 1.02. The van der Waals surface area contributed by atoms with Gasteiger partial charge in [0.15, 0.2) is 0 Å². The van der Waals surface area contributed by atoms with E-state index < -0.39 is 10.8 Å². The van der Waals surface area contributed by atoms with E-state index in [4.69, 9.17) is 11.6 Å². The van der Waals surface area contributed by atoms with Crippen LogP contribution >= 0.6 is 11.6 Å². The smallest absolute Gasteiger partial charge is 0.133 e. The summed E-state index contributed by atoms with van der Waals surface area (Å²) in [6.07, 6.45) is 3.59. The van der Waals surface area contributed by atoms with Crippen LogP contribution in [0.5, 0.6) is 0 Å². The van der Waals surface area contributed by atoms with Crippen LogP contribution in [0.2, 0.25) is 5.15 Å². The topological polar surface area (TPSA) is 54.9 Å². The van der Waals surface area contributed by atoms with Gasteiger partial charge in [0.05, 0.1) is 10.8 Å². The molecular weight excluding hydrogens is 234 g/mol. The van der Waals surface area contributed by atoms with Gasteiger partial charge in [-0.05, 0) is 19.4 Å². The fourth-order valence-corrected chi connectivity index (χ4v) is 3.05. The molecule has 0 bridgehead atoms. The van der Waals surface area contributed by atoms with E-state index in [9.17, 15) is 4.21 Å². The van der Waals surface area contributed by atoms with Crippen LogP contribution in [-0.2, 0) is 10.8 Å². The average Bonchev–Trinajstić information content (AvgIpc) is 2.70. The van der Waals surface area contributed by atoms with Gasteiger partial charge in [0.1, 0.15) is 16.5 Å². The summed E-state index contributed by atoms with van der Waals surface area (Å²) in [5, 5.41) is 4.16. The Morgan fingerprint density at radius 2 is 2.47 bits per heavy atom. The van der Waals surface area contributed by atoms with E-state index in [1.165, 1.54) is 6.33 Å². The molecule has 0 unspecified atom stereocenters. The van der Waals surface area contributed by atoms with Crippen molar-refractivity contribution >= 4 is 22.4 Å². The average molecular weight is 246 g/mol. The van der Waals surface area contributed by atoms with Crippen LogP contribution in [0.3, 0.4) is 0 Å². The lowest BCUT2D eigenvalue weighted by Gasteiger charge is -2.08. The molecule has 1 fully saturated rings. The van der Waals surface area contributed by atoms with E-state index in [1.54, 1.807) is 6.07 Å². The lowest BCUT2D eigenvalue weighted by atomic mass is 10.3. The van der Waals surface area contributed by atoms with Crippen molar-refractivity contribution in [2.24, 2.45) is 0 Å². The molecule has 0 aromatic carbocycles. The SMILES string of the molecule is O=[S@@](C[C@H]1CCCN1)c1cc(Cl)ncn1. The molecule has 2 atom stereocenters. The lowest BCUT2D eigenvalue weighted by Crippen LogP contribution is -2.27. The van der Waals surface area contributed by atoms with Crippen LogP contribution in [0.1, 0.15) is 12.8 Å². The molecule has 1 aliphatic heterocycles. The maximum absolute atomic E-state index is 11.9. The quantitative estimate of drug-likeness (QED) is 0.807. The van der Waals surface area contributed by atoms with Crippen LogP contribution in [-0.4, -0.2) is 32.5 Å². The van der Waals surface area contributed by atoms with Crippen molar-refractivity contribution in [3.63, 3.8) is 0 Å². The summed E-state index contributed by atoms with van der Waals surface area (Å²) in [5.41, 5.74) is 0. The van der Waals surface area contributed by atoms with Gasteiger partial charge in [-0.3, -0.25) is 4.21 Å². The summed E-state index contributed by atoms with van der Waals surface area (Å²) in [7, 11) is -1.08. The molecule has 0 aliphatic carbocycles. The Kier molecular flexibility index (Phi) is 3.66. The minimum absolute atomic E-state index is 0.340. The van der Waals surface area contributed by atoms with Crippen LogP contribution in [0, 0.1) is 0 Å². The van der Waals surface area contributed by atoms with Gasteiger partial charge in [-0.1, -0.05) is 11.6 Å². The molecule has 4 nitrogen and oxygen atoms in total. The lowest BCUT2D eigenvalue weighted by molar-refractivity contribution is 0.641. The van der Waals surface area contributed by atoms with Crippen molar-refractivity contribution in [3.8, 4) is 0 Å². The van der Waals surface area contributed by atoms with Gasteiger partial charge in [-0.15, -0.1) is 0 Å². The van der Waals surface area contributed by atoms with Crippen molar-refractivity contribution in [2.45, 2.75) is 23.9 Å². The first kappa shape index (κ1) is 11.0. The van der Waals surface area contributed by atoms with Crippen molar-refractivity contribution in [2.75, 3.05) is 12.3 Å². The summed E-state index contributed by atoms with van der Waals surface area (Å²) in [6, 6.07) is 1.91. The number of nitrogens with one attached hydrogen (secondary N) is 1. The van der Waals surface area contributed by atoms with Gasteiger partial charge in [0, 0.05) is 17.9 Å². The molecule has 1 aliphatic rings. The maximum Gasteiger partial charge on any atom is 0.133 e. The molecule has 82 valence electrons. The molecule has 0 amide bonds. The first-order valence-corrected chi connectivity index (χ1v) is 6.55. The second-order valence-electron chi connectivity index (χ2n) is 3.48. The van der Waals surface area contributed by atoms with Crippen LogP contribution in [0.25, 0.3) is 0 Å². The van der Waals surface area contributed by atoms with Gasteiger partial charge in [-0.25, -0.2) is 9.97 Å². The Labute approximate surface area is 95.9 Å². The Morgan fingerprint density at radius 1 is 1.60 bits per heavy atom. The van der Waals surface area contributed by atoms with E-state index in [-0.39, 0.29) is 0 Å². The summed E-state index contributed by atoms with van der Waals surface area (Å²) >= 11 is 5.70. The van der Waals surface area contributed by atoms with Crippen molar-refractivity contribution in [3.05, 3.63) is 17.5 Å². The third-order valence-corrected chi connectivity index (χ3v) is 3.96. The van der Waals surface area contributed by atoms with E-state index >= 15 is 0 Å². The first-order valence-electron chi connectivity index (χ1n) is 4.85. The second-order valence-corrected chi connectivity index (χ2v) is 5.31. The number of hydrogen-bond acceptors (Lipinski definition) is 4. The number of rotatable bonds is 3. The summed E-state index contributed by atoms with van der Waals surface area (Å²) in [5.74, 6) is 0.605. The summed E-state index contributed by atoms with van der Waals surface area (Å²) in [4.78, 5) is 7.72. The zero-order chi connectivity index (χ0) is 10.7. The molecule has 1 saturated heterocycles. The highest BCUT2D eigenvalue weighted by Gasteiger charge is 2.18. The highest BCUT2D eigenvalue weighted by molar-refractivity contribution is 7.85. The minimum atomic E-state index is -1.08. The number of hydrogen-bond donors (Lipinski definition) is 1. The van der Waals surface area contributed by atoms with Crippen LogP contribution in [0.4, 0.5) is 0 Å². The second kappa shape index (κ2) is 5.01. The third kappa shape index (κ3) is 2.96. The zero-order valence-corrected chi connectivity index (χ0v) is 9.72. The Balaban J connectivity index is 2.01. The van der Waals surface area contributed by atoms with Crippen LogP contribution < -0.4 is 5.32 Å². The molecular formula is C9H12ClN3OS. The third-order valence-electron chi connectivity index (χ3n) is 2.36. The van der Waals surface area contributed by atoms with Gasteiger partial charge >= 0.3 is 0 Å². The maximum atomic E-state index is 11.9. The molecule has 0 saturated carbocycles.